The van der Waals surface area contributed by atoms with Crippen molar-refractivity contribution in [1.82, 2.24) is 10.3 Å². The fourth-order valence-corrected chi connectivity index (χ4v) is 6.34. The Balaban J connectivity index is 1.32. The maximum Gasteiger partial charge on any atom is 0.311 e. The molecule has 26 heavy (non-hydrogen) atoms. The lowest BCUT2D eigenvalue weighted by Crippen LogP contribution is -2.54. The predicted octanol–water partition coefficient (Wildman–Crippen LogP) is 2.70. The van der Waals surface area contributed by atoms with Crippen molar-refractivity contribution < 1.29 is 14.3 Å². The van der Waals surface area contributed by atoms with Crippen LogP contribution in [0.25, 0.3) is 0 Å². The van der Waals surface area contributed by atoms with Crippen LogP contribution < -0.4 is 5.32 Å². The van der Waals surface area contributed by atoms with Gasteiger partial charge in [0.25, 0.3) is 0 Å². The molecule has 0 radical (unpaired) electrons. The molecule has 4 aliphatic rings. The largest absolute Gasteiger partial charge is 0.462 e. The summed E-state index contributed by atoms with van der Waals surface area (Å²) in [6.45, 7) is 6.07. The van der Waals surface area contributed by atoms with Crippen molar-refractivity contribution in [2.75, 3.05) is 6.54 Å². The molecule has 4 fully saturated rings. The summed E-state index contributed by atoms with van der Waals surface area (Å²) in [7, 11) is 0. The van der Waals surface area contributed by atoms with Gasteiger partial charge in [-0.15, -0.1) is 0 Å². The van der Waals surface area contributed by atoms with Gasteiger partial charge >= 0.3 is 5.97 Å². The summed E-state index contributed by atoms with van der Waals surface area (Å²) in [5.41, 5.74) is 1.28. The zero-order valence-electron chi connectivity index (χ0n) is 15.6. The van der Waals surface area contributed by atoms with E-state index >= 15 is 0 Å². The summed E-state index contributed by atoms with van der Waals surface area (Å²) < 4.78 is 12.3. The van der Waals surface area contributed by atoms with Gasteiger partial charge in [-0.3, -0.25) is 9.78 Å². The van der Waals surface area contributed by atoms with Crippen LogP contribution in [0.1, 0.15) is 45.1 Å². The van der Waals surface area contributed by atoms with Crippen molar-refractivity contribution in [1.29, 1.82) is 0 Å². The minimum Gasteiger partial charge on any atom is -0.462 e. The minimum atomic E-state index is -0.0975. The molecular weight excluding hydrogens is 328 g/mol. The molecule has 2 aliphatic carbocycles. The van der Waals surface area contributed by atoms with Crippen molar-refractivity contribution in [2.45, 2.75) is 63.9 Å². The monoisotopic (exact) mass is 356 g/mol. The second kappa shape index (κ2) is 5.77. The lowest BCUT2D eigenvalue weighted by Gasteiger charge is -2.48. The lowest BCUT2D eigenvalue weighted by molar-refractivity contribution is -0.146. The highest BCUT2D eigenvalue weighted by Gasteiger charge is 2.78. The van der Waals surface area contributed by atoms with Crippen LogP contribution in [0, 0.1) is 23.2 Å². The summed E-state index contributed by atoms with van der Waals surface area (Å²) in [6.07, 6.45) is 8.51. The first-order valence-electron chi connectivity index (χ1n) is 10.0. The van der Waals surface area contributed by atoms with E-state index in [1.54, 1.807) is 6.20 Å². The molecule has 1 spiro atoms. The average Bonchev–Trinajstić information content (AvgIpc) is 3.30. The molecule has 7 unspecified atom stereocenters. The third kappa shape index (κ3) is 2.23. The molecule has 5 rings (SSSR count). The van der Waals surface area contributed by atoms with Crippen molar-refractivity contribution in [2.24, 2.45) is 23.2 Å². The molecule has 5 nitrogen and oxygen atoms in total. The van der Waals surface area contributed by atoms with Gasteiger partial charge in [0.1, 0.15) is 11.7 Å². The Morgan fingerprint density at radius 3 is 3.12 bits per heavy atom. The van der Waals surface area contributed by atoms with Crippen molar-refractivity contribution in [3.63, 3.8) is 0 Å². The topological polar surface area (TPSA) is 63.8 Å². The number of aromatic nitrogens is 1. The van der Waals surface area contributed by atoms with Crippen LogP contribution in [0.2, 0.25) is 0 Å². The number of carbonyl (C=O) groups excluding carboxylic acids is 1. The molecule has 2 aliphatic heterocycles. The zero-order chi connectivity index (χ0) is 17.9. The van der Waals surface area contributed by atoms with E-state index in [4.69, 9.17) is 9.47 Å². The highest BCUT2D eigenvalue weighted by molar-refractivity contribution is 5.76. The molecule has 0 aromatic carbocycles. The Bertz CT molecular complexity index is 710. The maximum absolute atomic E-state index is 12.6. The number of hydrogen-bond donors (Lipinski definition) is 1. The molecule has 3 heterocycles. The molecule has 0 amide bonds. The van der Waals surface area contributed by atoms with E-state index in [-0.39, 0.29) is 41.0 Å². The molecule has 0 bridgehead atoms. The molecule has 1 aromatic heterocycles. The summed E-state index contributed by atoms with van der Waals surface area (Å²) in [5.74, 6) is 0.642. The second-order valence-electron chi connectivity index (χ2n) is 9.04. The molecule has 2 saturated heterocycles. The highest BCUT2D eigenvalue weighted by atomic mass is 16.6. The van der Waals surface area contributed by atoms with Crippen molar-refractivity contribution in [3.05, 3.63) is 30.1 Å². The van der Waals surface area contributed by atoms with Gasteiger partial charge < -0.3 is 14.8 Å². The summed E-state index contributed by atoms with van der Waals surface area (Å²) >= 11 is 0. The Morgan fingerprint density at radius 2 is 2.31 bits per heavy atom. The maximum atomic E-state index is 12.6. The zero-order valence-corrected chi connectivity index (χ0v) is 15.6. The SMILES string of the molecule is CC1CCCC2(C)CC3OC(=O)C(CNCc4cccnc4)C3C3OC132. The van der Waals surface area contributed by atoms with E-state index in [0.29, 0.717) is 12.5 Å². The number of ether oxygens (including phenoxy) is 2. The first-order chi connectivity index (χ1) is 12.6. The van der Waals surface area contributed by atoms with Gasteiger partial charge in [-0.1, -0.05) is 26.3 Å². The van der Waals surface area contributed by atoms with Crippen molar-refractivity contribution in [3.8, 4) is 0 Å². The fourth-order valence-electron chi connectivity index (χ4n) is 6.34. The number of hydrogen-bond acceptors (Lipinski definition) is 5. The van der Waals surface area contributed by atoms with E-state index in [1.165, 1.54) is 19.3 Å². The normalized spacial score (nSPS) is 46.1. The van der Waals surface area contributed by atoms with Crippen LogP contribution >= 0.6 is 0 Å². The van der Waals surface area contributed by atoms with Gasteiger partial charge in [-0.25, -0.2) is 0 Å². The fraction of sp³-hybridized carbons (Fsp3) is 0.714. The molecule has 5 heteroatoms. The summed E-state index contributed by atoms with van der Waals surface area (Å²) in [5, 5.41) is 3.44. The van der Waals surface area contributed by atoms with E-state index in [0.717, 1.165) is 18.5 Å². The third-order valence-electron chi connectivity index (χ3n) is 7.61. The number of fused-ring (bicyclic) bond motifs is 2. The van der Waals surface area contributed by atoms with Crippen LogP contribution in [-0.4, -0.2) is 35.3 Å². The van der Waals surface area contributed by atoms with Gasteiger partial charge in [-0.2, -0.15) is 0 Å². The van der Waals surface area contributed by atoms with Gasteiger partial charge in [-0.05, 0) is 36.8 Å². The molecule has 1 N–H and O–H groups in total. The van der Waals surface area contributed by atoms with Crippen LogP contribution in [0.3, 0.4) is 0 Å². The Hall–Kier alpha value is -1.46. The van der Waals surface area contributed by atoms with Gasteiger partial charge in [0, 0.05) is 36.8 Å². The second-order valence-corrected chi connectivity index (χ2v) is 9.04. The molecular formula is C21H28N2O3. The Labute approximate surface area is 154 Å². The van der Waals surface area contributed by atoms with Crippen LogP contribution in [-0.2, 0) is 20.8 Å². The number of carbonyl (C=O) groups is 1. The number of nitrogens with zero attached hydrogens (tertiary/aromatic N) is 1. The smallest absolute Gasteiger partial charge is 0.311 e. The number of esters is 1. The summed E-state index contributed by atoms with van der Waals surface area (Å²) in [6, 6.07) is 3.98. The van der Waals surface area contributed by atoms with Gasteiger partial charge in [0.05, 0.1) is 12.0 Å². The van der Waals surface area contributed by atoms with Crippen molar-refractivity contribution >= 4 is 5.97 Å². The first-order valence-corrected chi connectivity index (χ1v) is 10.0. The molecule has 1 aromatic rings. The minimum absolute atomic E-state index is 0.0119. The molecule has 2 saturated carbocycles. The quantitative estimate of drug-likeness (QED) is 0.664. The van der Waals surface area contributed by atoms with E-state index < -0.39 is 0 Å². The average molecular weight is 356 g/mol. The highest BCUT2D eigenvalue weighted by Crippen LogP contribution is 2.70. The first kappa shape index (κ1) is 16.7. The summed E-state index contributed by atoms with van der Waals surface area (Å²) in [4.78, 5) is 16.7. The number of nitrogens with one attached hydrogen (secondary N) is 1. The van der Waals surface area contributed by atoms with E-state index in [1.807, 2.05) is 18.3 Å². The lowest BCUT2D eigenvalue weighted by atomic mass is 9.53. The van der Waals surface area contributed by atoms with Crippen LogP contribution in [0.15, 0.2) is 24.5 Å². The van der Waals surface area contributed by atoms with Gasteiger partial charge in [0.2, 0.25) is 0 Å². The van der Waals surface area contributed by atoms with Gasteiger partial charge in [0.15, 0.2) is 0 Å². The Kier molecular flexibility index (Phi) is 3.70. The number of pyridine rings is 1. The standard InChI is InChI=1S/C21H28N2O3/c1-13-5-3-7-20(2)9-16-17(18-21(13,20)26-18)15(19(24)25-16)12-23-11-14-6-4-8-22-10-14/h4,6,8,10,13,15-18,23H,3,5,7,9,11-12H2,1-2H3. The van der Waals surface area contributed by atoms with Crippen LogP contribution in [0.4, 0.5) is 0 Å². The number of rotatable bonds is 4. The molecule has 140 valence electrons. The number of epoxide rings is 1. The third-order valence-corrected chi connectivity index (χ3v) is 7.61. The van der Waals surface area contributed by atoms with E-state index in [2.05, 4.69) is 24.1 Å². The molecule has 7 atom stereocenters. The van der Waals surface area contributed by atoms with E-state index in [9.17, 15) is 4.79 Å². The van der Waals surface area contributed by atoms with Crippen LogP contribution in [0.5, 0.6) is 0 Å². The predicted molar refractivity (Wildman–Crippen MR) is 96.1 cm³/mol. The Morgan fingerprint density at radius 1 is 1.42 bits per heavy atom.